The number of likely N-dealkylation sites (N-methyl/N-ethyl adjacent to an activating group) is 1. The number of hydrogen-bond acceptors (Lipinski definition) is 11. The number of rotatable bonds is 15. The fraction of sp³-hybridized carbons (Fsp3) is 0.469. The maximum absolute atomic E-state index is 15.0. The third kappa shape index (κ3) is 18.9. The number of alkyl halides is 8. The Kier molecular flexibility index (Phi) is 25.4. The van der Waals surface area contributed by atoms with Crippen LogP contribution in [-0.4, -0.2) is 102 Å². The molecule has 6 rings (SSSR count). The number of aldehydes is 1. The van der Waals surface area contributed by atoms with Crippen molar-refractivity contribution in [3.05, 3.63) is 93.0 Å². The van der Waals surface area contributed by atoms with E-state index in [1.807, 2.05) is 32.5 Å². The van der Waals surface area contributed by atoms with Crippen molar-refractivity contribution in [3.63, 3.8) is 0 Å². The summed E-state index contributed by atoms with van der Waals surface area (Å²) in [5, 5.41) is 27.1. The van der Waals surface area contributed by atoms with Crippen LogP contribution in [0.1, 0.15) is 101 Å². The van der Waals surface area contributed by atoms with Gasteiger partial charge in [0, 0.05) is 45.9 Å². The number of pyridine rings is 1. The molecule has 2 amide bonds. The first-order valence-electron chi connectivity index (χ1n) is 23.2. The van der Waals surface area contributed by atoms with Gasteiger partial charge in [0.15, 0.2) is 11.5 Å². The van der Waals surface area contributed by atoms with E-state index in [1.165, 1.54) is 37.4 Å². The van der Waals surface area contributed by atoms with Crippen LogP contribution < -0.4 is 14.9 Å². The molecule has 3 heterocycles. The Hall–Kier alpha value is -5.93. The van der Waals surface area contributed by atoms with Gasteiger partial charge in [-0.15, -0.1) is 0 Å². The number of halogens is 11. The van der Waals surface area contributed by atoms with Crippen LogP contribution in [0.2, 0.25) is 5.02 Å². The van der Waals surface area contributed by atoms with Gasteiger partial charge in [0.25, 0.3) is 18.3 Å². The molecule has 77 heavy (non-hydrogen) atoms. The zero-order chi connectivity index (χ0) is 59.0. The normalized spacial score (nSPS) is 13.4. The van der Waals surface area contributed by atoms with E-state index in [9.17, 15) is 53.5 Å². The predicted octanol–water partition coefficient (Wildman–Crippen LogP) is 11.4. The standard InChI is InChI=1S/C39H37ClF10N8O2S.C5H12S.C2H2O3.C2H6.CH2O2/c1-5-6-27(51-3)36(60)58(61-4)35-30-26(40)10-9-24(32(30)57(55-35)18-38(45,46)47)23-8-7-19(2)52-31(23)28(15-20-13-21(41)16-22(42)14-20)53-29(59)17-56-34-25(11-12-37(34,43)44)33(54-56)39(48,49)50;1-5(2,3)6-4;3-1-2(4)5;1-2;2-1-3/h7-10,13-14,16,27-28,51H,5-6,11-12,15,17-18H2,1-4H3,(H,53,59);1-4H3;1H,(H,4,5);1-2H3;1H,(H,2,3). The molecular weight excluding hydrogens is 1100 g/mol. The van der Waals surface area contributed by atoms with Gasteiger partial charge in [-0.3, -0.25) is 33.5 Å². The van der Waals surface area contributed by atoms with Gasteiger partial charge in [-0.2, -0.15) is 57.1 Å². The van der Waals surface area contributed by atoms with Gasteiger partial charge in [0.2, 0.25) is 12.2 Å². The average Bonchev–Trinajstić information content (AvgIpc) is 4.00. The third-order valence-electron chi connectivity index (χ3n) is 10.7. The van der Waals surface area contributed by atoms with E-state index in [-0.39, 0.29) is 67.3 Å². The maximum Gasteiger partial charge on any atom is 0.435 e. The van der Waals surface area contributed by atoms with Crippen molar-refractivity contribution in [1.29, 1.82) is 0 Å². The number of hydrogen-bond donors (Lipinski definition) is 4. The molecule has 0 fully saturated rings. The summed E-state index contributed by atoms with van der Waals surface area (Å²) in [7, 11) is 1.55. The second-order valence-electron chi connectivity index (χ2n) is 17.3. The Balaban J connectivity index is 0.00000112. The van der Waals surface area contributed by atoms with Crippen molar-refractivity contribution in [2.75, 3.05) is 23.9 Å². The molecule has 28 heteroatoms. The number of nitrogens with one attached hydrogen (secondary N) is 2. The zero-order valence-corrected chi connectivity index (χ0v) is 45.8. The Bertz CT molecular complexity index is 2800. The highest BCUT2D eigenvalue weighted by molar-refractivity contribution is 8.00. The van der Waals surface area contributed by atoms with Gasteiger partial charge < -0.3 is 20.8 Å². The van der Waals surface area contributed by atoms with Crippen LogP contribution >= 0.6 is 35.3 Å². The third-order valence-corrected chi connectivity index (χ3v) is 13.0. The summed E-state index contributed by atoms with van der Waals surface area (Å²) in [4.78, 5) is 58.5. The van der Waals surface area contributed by atoms with Crippen molar-refractivity contribution >= 4 is 82.6 Å². The number of carbonyl (C=O) groups is 5. The van der Waals surface area contributed by atoms with Crippen LogP contribution in [0.3, 0.4) is 0 Å². The molecule has 2 unspecified atom stereocenters. The van der Waals surface area contributed by atoms with E-state index < -0.39 is 109 Å². The van der Waals surface area contributed by atoms with Crippen LogP contribution in [0, 0.1) is 18.6 Å². The van der Waals surface area contributed by atoms with Gasteiger partial charge in [-0.25, -0.2) is 17.9 Å². The van der Waals surface area contributed by atoms with Gasteiger partial charge in [-0.05, 0) is 81.3 Å². The summed E-state index contributed by atoms with van der Waals surface area (Å²) >= 11 is 9.47. The lowest BCUT2D eigenvalue weighted by atomic mass is 9.93. The molecule has 0 saturated carbocycles. The number of aryl methyl sites for hydroxylation is 1. The monoisotopic (exact) mass is 1160 g/mol. The number of benzene rings is 2. The molecule has 3 aromatic heterocycles. The van der Waals surface area contributed by atoms with E-state index in [2.05, 4.69) is 52.8 Å². The lowest BCUT2D eigenvalue weighted by Crippen LogP contribution is -2.42. The summed E-state index contributed by atoms with van der Waals surface area (Å²) in [6.07, 6.45) is -7.60. The molecule has 0 aliphatic heterocycles. The van der Waals surface area contributed by atoms with E-state index in [1.54, 1.807) is 7.05 Å². The number of carboxylic acids is 1. The number of thioether (sulfide) groups is 1. The number of anilines is 1. The molecule has 2 aromatic carbocycles. The number of nitrogens with zero attached hydrogens (tertiary/aromatic N) is 6. The summed E-state index contributed by atoms with van der Waals surface area (Å²) in [6.45, 7) is 10.9. The fourth-order valence-electron chi connectivity index (χ4n) is 7.52. The van der Waals surface area contributed by atoms with Crippen LogP contribution in [-0.2, 0) is 62.0 Å². The quantitative estimate of drug-likeness (QED) is 0.0334. The second kappa shape index (κ2) is 29.2. The fourth-order valence-corrected chi connectivity index (χ4v) is 8.37. The van der Waals surface area contributed by atoms with Crippen LogP contribution in [0.4, 0.5) is 49.7 Å². The van der Waals surface area contributed by atoms with Crippen LogP contribution in [0.5, 0.6) is 0 Å². The molecule has 1 aliphatic carbocycles. The SMILES string of the molecule is CC.CCCC(NC)C(=O)N(SC)c1nn(CC(F)(F)F)c2c(-c3ccc(C)nc3C(Cc3cc(F)cc(F)c3)NC(=O)Cn3nc(C(F)(F)F)c4c3C(F)(F)CC4)ccc(Cl)c12.CSC(C)(C)C.O=CC(=O)O.O=CO. The molecule has 0 radical (unpaired) electrons. The smallest absolute Gasteiger partial charge is 0.435 e. The molecule has 2 atom stereocenters. The van der Waals surface area contributed by atoms with Crippen molar-refractivity contribution < 1.29 is 78.1 Å². The lowest BCUT2D eigenvalue weighted by Gasteiger charge is -2.24. The highest BCUT2D eigenvalue weighted by atomic mass is 35.5. The minimum atomic E-state index is -5.12. The van der Waals surface area contributed by atoms with E-state index >= 15 is 0 Å². The molecule has 4 N–H and O–H groups in total. The van der Waals surface area contributed by atoms with E-state index in [4.69, 9.17) is 36.2 Å². The number of carboxylic acid groups (broad SMARTS) is 2. The first kappa shape index (κ1) is 67.2. The van der Waals surface area contributed by atoms with Gasteiger partial charge >= 0.3 is 18.3 Å². The Labute approximate surface area is 451 Å². The molecule has 1 aliphatic rings. The molecule has 0 spiro atoms. The highest BCUT2D eigenvalue weighted by Crippen LogP contribution is 2.47. The highest BCUT2D eigenvalue weighted by Gasteiger charge is 2.50. The van der Waals surface area contributed by atoms with Crippen LogP contribution in [0.15, 0.2) is 42.5 Å². The van der Waals surface area contributed by atoms with E-state index in [0.717, 1.165) is 28.4 Å². The van der Waals surface area contributed by atoms with Gasteiger partial charge in [0.05, 0.1) is 33.7 Å². The van der Waals surface area contributed by atoms with Gasteiger partial charge in [0.1, 0.15) is 30.4 Å². The average molecular weight is 1160 g/mol. The first-order valence-corrected chi connectivity index (χ1v) is 26.0. The Morgan fingerprint density at radius 3 is 1.99 bits per heavy atom. The number of amides is 2. The number of fused-ring (bicyclic) bond motifs is 2. The first-order chi connectivity index (χ1) is 35.8. The largest absolute Gasteiger partial charge is 0.483 e. The van der Waals surface area contributed by atoms with Crippen molar-refractivity contribution in [1.82, 2.24) is 35.2 Å². The number of carbonyl (C=O) groups excluding carboxylic acids is 3. The molecule has 5 aromatic rings. The molecule has 426 valence electrons. The second-order valence-corrected chi connectivity index (χ2v) is 20.0. The minimum Gasteiger partial charge on any atom is -0.483 e. The van der Waals surface area contributed by atoms with E-state index in [0.29, 0.717) is 28.3 Å². The molecular formula is C49H59ClF10N8O7S2. The Morgan fingerprint density at radius 2 is 1.51 bits per heavy atom. The molecule has 0 bridgehead atoms. The molecule has 0 saturated heterocycles. The maximum atomic E-state index is 15.0. The number of aromatic nitrogens is 5. The lowest BCUT2D eigenvalue weighted by molar-refractivity contribution is -0.143. The van der Waals surface area contributed by atoms with Gasteiger partial charge in [-0.1, -0.05) is 71.7 Å². The summed E-state index contributed by atoms with van der Waals surface area (Å²) in [6, 6.07) is 5.87. The van der Waals surface area contributed by atoms with Crippen molar-refractivity contribution in [2.45, 2.75) is 129 Å². The van der Waals surface area contributed by atoms with Crippen molar-refractivity contribution in [3.8, 4) is 11.1 Å². The molecule has 15 nitrogen and oxygen atoms in total. The predicted molar refractivity (Wildman–Crippen MR) is 275 cm³/mol. The Morgan fingerprint density at radius 1 is 0.948 bits per heavy atom. The summed E-state index contributed by atoms with van der Waals surface area (Å²) < 4.78 is 146. The van der Waals surface area contributed by atoms with Crippen LogP contribution in [0.25, 0.3) is 22.0 Å². The summed E-state index contributed by atoms with van der Waals surface area (Å²) in [5.41, 5.74) is -3.47. The topological polar surface area (TPSA) is 202 Å². The minimum absolute atomic E-state index is 0.00107. The number of aliphatic carboxylic acids is 1. The summed E-state index contributed by atoms with van der Waals surface area (Å²) in [5.74, 6) is -9.11. The van der Waals surface area contributed by atoms with Crippen molar-refractivity contribution in [2.24, 2.45) is 0 Å². The zero-order valence-electron chi connectivity index (χ0n) is 43.4.